The molecule has 0 radical (unpaired) electrons. The van der Waals surface area contributed by atoms with E-state index in [1.54, 1.807) is 22.8 Å². The van der Waals surface area contributed by atoms with Crippen molar-refractivity contribution >= 4 is 33.7 Å². The van der Waals surface area contributed by atoms with E-state index in [4.69, 9.17) is 9.47 Å². The Kier molecular flexibility index (Phi) is 8.61. The highest BCUT2D eigenvalue weighted by Gasteiger charge is 2.77. The highest BCUT2D eigenvalue weighted by Crippen LogP contribution is 2.60. The summed E-state index contributed by atoms with van der Waals surface area (Å²) in [7, 11) is 0. The minimum atomic E-state index is -1.07. The van der Waals surface area contributed by atoms with E-state index in [-0.39, 0.29) is 35.9 Å². The fourth-order valence-electron chi connectivity index (χ4n) is 5.91. The minimum Gasteiger partial charge on any atom is -0.466 e. The van der Waals surface area contributed by atoms with E-state index in [0.29, 0.717) is 32.4 Å². The fraction of sp³-hybridized carbons (Fsp3) is 0.792. The number of aliphatic hydroxyl groups excluding tert-OH is 1. The molecule has 0 aliphatic carbocycles. The zero-order valence-electron chi connectivity index (χ0n) is 19.9. The molecule has 2 unspecified atom stereocenters. The lowest BCUT2D eigenvalue weighted by Crippen LogP contribution is -2.58. The lowest BCUT2D eigenvalue weighted by Gasteiger charge is -2.39. The Bertz CT molecular complexity index is 763. The number of alkyl halides is 1. The Balaban J connectivity index is 2.03. The molecule has 0 aromatic carbocycles. The molecule has 3 aliphatic rings. The number of ether oxygens (including phenoxy) is 2. The highest BCUT2D eigenvalue weighted by atomic mass is 79.9. The van der Waals surface area contributed by atoms with Gasteiger partial charge in [-0.25, -0.2) is 0 Å². The molecular formula is C24H37BrN2O6. The van der Waals surface area contributed by atoms with Crippen molar-refractivity contribution in [1.82, 2.24) is 9.80 Å². The van der Waals surface area contributed by atoms with E-state index in [1.165, 1.54) is 0 Å². The van der Waals surface area contributed by atoms with Crippen LogP contribution >= 0.6 is 15.9 Å². The fourth-order valence-corrected chi connectivity index (χ4v) is 6.85. The SMILES string of the molecule is C=CCN(C(=O)[C@@H]1N(CCCCO)C(=O)[C@H]2[C@H](C(=O)OCC)[C@H]3O[C@@]12CC3Br)C(C)CCC. The zero-order valence-corrected chi connectivity index (χ0v) is 21.5. The summed E-state index contributed by atoms with van der Waals surface area (Å²) in [6.45, 7) is 10.6. The number of carbonyl (C=O) groups excluding carboxylic acids is 3. The molecule has 2 bridgehead atoms. The predicted molar refractivity (Wildman–Crippen MR) is 127 cm³/mol. The number of likely N-dealkylation sites (tertiary alicyclic amines) is 1. The molecular weight excluding hydrogens is 492 g/mol. The maximum Gasteiger partial charge on any atom is 0.312 e. The monoisotopic (exact) mass is 528 g/mol. The Morgan fingerprint density at radius 2 is 2.15 bits per heavy atom. The van der Waals surface area contributed by atoms with Crippen LogP contribution in [-0.2, 0) is 23.9 Å². The van der Waals surface area contributed by atoms with Crippen molar-refractivity contribution in [3.63, 3.8) is 0 Å². The van der Waals surface area contributed by atoms with E-state index >= 15 is 0 Å². The standard InChI is InChI=1S/C24H37BrN2O6/c1-5-10-15(4)26(11-6-2)22(30)20-24-14-16(25)19(33-24)17(23(31)32-7-3)18(24)21(29)27(20)12-8-9-13-28/h6,15-20,28H,2,5,7-14H2,1,3-4H3/t15?,16?,17-,18+,19-,20-,24+/m0/s1. The quantitative estimate of drug-likeness (QED) is 0.180. The van der Waals surface area contributed by atoms with Crippen LogP contribution in [0.2, 0.25) is 0 Å². The number of carbonyl (C=O) groups is 3. The first-order valence-corrected chi connectivity index (χ1v) is 13.0. The molecule has 3 rings (SSSR count). The number of esters is 1. The number of hydrogen-bond acceptors (Lipinski definition) is 6. The van der Waals surface area contributed by atoms with E-state index in [1.807, 2.05) is 6.92 Å². The maximum absolute atomic E-state index is 14.1. The Morgan fingerprint density at radius 3 is 2.76 bits per heavy atom. The van der Waals surface area contributed by atoms with E-state index in [9.17, 15) is 19.5 Å². The van der Waals surface area contributed by atoms with Gasteiger partial charge in [-0.3, -0.25) is 14.4 Å². The number of rotatable bonds is 12. The maximum atomic E-state index is 14.1. The van der Waals surface area contributed by atoms with Gasteiger partial charge in [0.25, 0.3) is 0 Å². The second-order valence-corrected chi connectivity index (χ2v) is 10.5. The van der Waals surface area contributed by atoms with Crippen LogP contribution in [0.3, 0.4) is 0 Å². The van der Waals surface area contributed by atoms with Crippen LogP contribution in [0.25, 0.3) is 0 Å². The van der Waals surface area contributed by atoms with Crippen molar-refractivity contribution in [3.8, 4) is 0 Å². The third-order valence-corrected chi connectivity index (χ3v) is 8.08. The number of hydrogen-bond donors (Lipinski definition) is 1. The molecule has 3 fully saturated rings. The predicted octanol–water partition coefficient (Wildman–Crippen LogP) is 2.27. The van der Waals surface area contributed by atoms with Crippen molar-refractivity contribution in [2.45, 2.75) is 81.5 Å². The lowest BCUT2D eigenvalue weighted by molar-refractivity contribution is -0.155. The molecule has 186 valence electrons. The Morgan fingerprint density at radius 1 is 1.42 bits per heavy atom. The molecule has 7 atom stereocenters. The number of amides is 2. The number of fused-ring (bicyclic) bond motifs is 1. The number of nitrogens with zero attached hydrogens (tertiary/aromatic N) is 2. The van der Waals surface area contributed by atoms with Gasteiger partial charge in [0.15, 0.2) is 0 Å². The normalized spacial score (nSPS) is 33.2. The first-order chi connectivity index (χ1) is 15.8. The molecule has 8 nitrogen and oxygen atoms in total. The summed E-state index contributed by atoms with van der Waals surface area (Å²) in [5.74, 6) is -2.33. The molecule has 0 aromatic heterocycles. The molecule has 9 heteroatoms. The smallest absolute Gasteiger partial charge is 0.312 e. The number of halogens is 1. The van der Waals surface area contributed by atoms with Gasteiger partial charge in [0, 0.05) is 30.6 Å². The van der Waals surface area contributed by atoms with Gasteiger partial charge in [0.2, 0.25) is 11.8 Å². The van der Waals surface area contributed by atoms with Crippen LogP contribution in [0.1, 0.15) is 52.9 Å². The van der Waals surface area contributed by atoms with Crippen LogP contribution in [-0.4, -0.2) is 87.6 Å². The molecule has 2 amide bonds. The summed E-state index contributed by atoms with van der Waals surface area (Å²) in [6.07, 6.45) is 4.51. The highest BCUT2D eigenvalue weighted by molar-refractivity contribution is 9.09. The summed E-state index contributed by atoms with van der Waals surface area (Å²) >= 11 is 3.65. The molecule has 0 aromatic rings. The van der Waals surface area contributed by atoms with Crippen molar-refractivity contribution in [1.29, 1.82) is 0 Å². The summed E-state index contributed by atoms with van der Waals surface area (Å²) in [5, 5.41) is 9.26. The lowest BCUT2D eigenvalue weighted by atomic mass is 9.70. The van der Waals surface area contributed by atoms with Gasteiger partial charge in [-0.2, -0.15) is 0 Å². The van der Waals surface area contributed by atoms with Crippen molar-refractivity contribution in [3.05, 3.63) is 12.7 Å². The Hall–Kier alpha value is -1.45. The first-order valence-electron chi connectivity index (χ1n) is 12.1. The average Bonchev–Trinajstić information content (AvgIpc) is 3.36. The van der Waals surface area contributed by atoms with Crippen molar-refractivity contribution in [2.24, 2.45) is 11.8 Å². The van der Waals surface area contributed by atoms with Crippen molar-refractivity contribution in [2.75, 3.05) is 26.3 Å². The second-order valence-electron chi connectivity index (χ2n) is 9.29. The molecule has 3 saturated heterocycles. The largest absolute Gasteiger partial charge is 0.466 e. The second kappa shape index (κ2) is 10.9. The Labute approximate surface area is 204 Å². The van der Waals surface area contributed by atoms with E-state index in [0.717, 1.165) is 12.8 Å². The van der Waals surface area contributed by atoms with Crippen LogP contribution < -0.4 is 0 Å². The van der Waals surface area contributed by atoms with E-state index in [2.05, 4.69) is 29.4 Å². The molecule has 1 spiro atoms. The van der Waals surface area contributed by atoms with Gasteiger partial charge in [-0.1, -0.05) is 35.4 Å². The van der Waals surface area contributed by atoms with Gasteiger partial charge in [0.1, 0.15) is 11.6 Å². The van der Waals surface area contributed by atoms with Gasteiger partial charge < -0.3 is 24.4 Å². The molecule has 0 saturated carbocycles. The zero-order chi connectivity index (χ0) is 24.3. The topological polar surface area (TPSA) is 96.4 Å². The van der Waals surface area contributed by atoms with Crippen LogP contribution in [0.4, 0.5) is 0 Å². The molecule has 33 heavy (non-hydrogen) atoms. The third-order valence-electron chi connectivity index (χ3n) is 7.24. The van der Waals surface area contributed by atoms with Gasteiger partial charge in [-0.05, 0) is 39.5 Å². The van der Waals surface area contributed by atoms with Gasteiger partial charge in [0.05, 0.1) is 24.5 Å². The summed E-state index contributed by atoms with van der Waals surface area (Å²) < 4.78 is 11.8. The number of unbranched alkanes of at least 4 members (excludes halogenated alkanes) is 1. The van der Waals surface area contributed by atoms with Crippen LogP contribution in [0.5, 0.6) is 0 Å². The van der Waals surface area contributed by atoms with Crippen LogP contribution in [0, 0.1) is 11.8 Å². The van der Waals surface area contributed by atoms with Gasteiger partial charge in [-0.15, -0.1) is 6.58 Å². The molecule has 3 heterocycles. The molecule has 3 aliphatic heterocycles. The van der Waals surface area contributed by atoms with Gasteiger partial charge >= 0.3 is 5.97 Å². The average molecular weight is 529 g/mol. The molecule has 1 N–H and O–H groups in total. The summed E-state index contributed by atoms with van der Waals surface area (Å²) in [5.41, 5.74) is -1.07. The van der Waals surface area contributed by atoms with Crippen molar-refractivity contribution < 1.29 is 29.0 Å². The van der Waals surface area contributed by atoms with Crippen LogP contribution in [0.15, 0.2) is 12.7 Å². The summed E-state index contributed by atoms with van der Waals surface area (Å²) in [4.78, 5) is 44.0. The minimum absolute atomic E-state index is 0.0127. The number of aliphatic hydroxyl groups is 1. The first kappa shape index (κ1) is 26.2. The third kappa shape index (κ3) is 4.48. The van der Waals surface area contributed by atoms with E-state index < -0.39 is 35.6 Å². The summed E-state index contributed by atoms with van der Waals surface area (Å²) in [6, 6.07) is -0.845.